The molecule has 1 aliphatic rings. The summed E-state index contributed by atoms with van der Waals surface area (Å²) in [5, 5.41) is -0.384. The van der Waals surface area contributed by atoms with Gasteiger partial charge in [0.25, 0.3) is 5.56 Å². The fourth-order valence-electron chi connectivity index (χ4n) is 4.26. The molecule has 1 saturated heterocycles. The van der Waals surface area contributed by atoms with Gasteiger partial charge >= 0.3 is 11.9 Å². The first-order chi connectivity index (χ1) is 18.1. The van der Waals surface area contributed by atoms with Crippen molar-refractivity contribution in [3.63, 3.8) is 0 Å². The standard InChI is InChI=1S/C25H36F3N2O7P/c1-3-5-6-7-8-9-10-11-12-13-15-35-17-19-20(36-14-4-2)21(38(33)34)23(37-19)30-16-18(25(26,27)28)22(31)29-24(30)32/h2,16,19-20,23H,3,5-15,17H2,1H3,(H,33,34)(H,29,31,32)/t19-,20-,23-/m1/s1. The molecule has 1 unspecified atom stereocenters. The van der Waals surface area contributed by atoms with Crippen LogP contribution in [-0.2, 0) is 20.4 Å². The second kappa shape index (κ2) is 16.2. The zero-order chi connectivity index (χ0) is 28.1. The molecule has 0 spiro atoms. The maximum absolute atomic E-state index is 13.3. The average molecular weight is 565 g/mol. The number of nitrogens with zero attached hydrogens (tertiary/aromatic N) is 1. The number of hydrogen-bond acceptors (Lipinski definition) is 7. The first-order valence-electron chi connectivity index (χ1n) is 12.9. The fourth-order valence-corrected chi connectivity index (χ4v) is 5.09. The van der Waals surface area contributed by atoms with Crippen molar-refractivity contribution in [3.05, 3.63) is 32.6 Å². The summed E-state index contributed by atoms with van der Waals surface area (Å²) in [5.41, 5.74) is -4.54. The Kier molecular flexibility index (Phi) is 13.7. The van der Waals surface area contributed by atoms with Crippen LogP contribution in [0.2, 0.25) is 0 Å². The van der Waals surface area contributed by atoms with Crippen LogP contribution in [-0.4, -0.2) is 51.8 Å². The minimum absolute atomic E-state index is 0.111. The number of unbranched alkanes of at least 4 members (excludes halogenated alkanes) is 9. The van der Waals surface area contributed by atoms with Crippen molar-refractivity contribution >= 4 is 13.3 Å². The third-order valence-electron chi connectivity index (χ3n) is 6.20. The number of nitrogens with one attached hydrogen (secondary N) is 1. The third kappa shape index (κ3) is 9.63. The zero-order valence-electron chi connectivity index (χ0n) is 21.5. The number of terminal acetylenes is 1. The molecule has 38 heavy (non-hydrogen) atoms. The largest absolute Gasteiger partial charge is 0.603 e. The van der Waals surface area contributed by atoms with Gasteiger partial charge in [0.2, 0.25) is 19.5 Å². The highest BCUT2D eigenvalue weighted by molar-refractivity contribution is 7.46. The lowest BCUT2D eigenvalue weighted by molar-refractivity contribution is -0.168. The summed E-state index contributed by atoms with van der Waals surface area (Å²) in [6, 6.07) is 0. The second-order valence-electron chi connectivity index (χ2n) is 9.12. The van der Waals surface area contributed by atoms with Crippen LogP contribution in [0.25, 0.3) is 0 Å². The van der Waals surface area contributed by atoms with E-state index in [0.717, 1.165) is 25.7 Å². The van der Waals surface area contributed by atoms with Gasteiger partial charge in [-0.15, -0.1) is 6.42 Å². The zero-order valence-corrected chi connectivity index (χ0v) is 22.4. The van der Waals surface area contributed by atoms with Crippen LogP contribution in [0.4, 0.5) is 13.2 Å². The minimum Gasteiger partial charge on any atom is -0.603 e. The number of aromatic amines is 1. The van der Waals surface area contributed by atoms with Gasteiger partial charge in [-0.3, -0.25) is 14.3 Å². The predicted octanol–water partition coefficient (Wildman–Crippen LogP) is 3.25. The molecule has 2 N–H and O–H groups in total. The van der Waals surface area contributed by atoms with E-state index < -0.39 is 49.4 Å². The molecule has 0 saturated carbocycles. The Balaban J connectivity index is 2.01. The van der Waals surface area contributed by atoms with E-state index >= 15 is 0 Å². The maximum Gasteiger partial charge on any atom is 0.423 e. The van der Waals surface area contributed by atoms with Gasteiger partial charge in [-0.2, -0.15) is 18.1 Å². The van der Waals surface area contributed by atoms with Gasteiger partial charge in [0.1, 0.15) is 18.3 Å². The number of alkyl halides is 3. The van der Waals surface area contributed by atoms with Crippen LogP contribution in [0.3, 0.4) is 0 Å². The minimum atomic E-state index is -5.07. The molecule has 1 aromatic rings. The Morgan fingerprint density at radius 2 is 1.76 bits per heavy atom. The molecule has 2 rings (SSSR count). The molecule has 9 nitrogen and oxygen atoms in total. The summed E-state index contributed by atoms with van der Waals surface area (Å²) in [6.45, 7) is 2.17. The van der Waals surface area contributed by atoms with E-state index in [-0.39, 0.29) is 24.7 Å². The van der Waals surface area contributed by atoms with E-state index in [1.54, 1.807) is 4.98 Å². The molecule has 13 heteroatoms. The van der Waals surface area contributed by atoms with Gasteiger partial charge in [-0.25, -0.2) is 4.79 Å². The highest BCUT2D eigenvalue weighted by atomic mass is 31.1. The van der Waals surface area contributed by atoms with E-state index in [1.165, 1.54) is 38.5 Å². The Hall–Kier alpha value is -2.00. The fraction of sp³-hybridized carbons (Fsp3) is 0.720. The van der Waals surface area contributed by atoms with Crippen molar-refractivity contribution in [1.82, 2.24) is 9.55 Å². The summed E-state index contributed by atoms with van der Waals surface area (Å²) in [4.78, 5) is 47.7. The number of H-pyrrole nitrogens is 1. The average Bonchev–Trinajstić information content (AvgIpc) is 3.20. The number of aromatic nitrogens is 2. The van der Waals surface area contributed by atoms with Crippen molar-refractivity contribution in [2.24, 2.45) is 0 Å². The summed E-state index contributed by atoms with van der Waals surface area (Å²) in [5.74, 6) is 2.22. The topological polar surface area (TPSA) is 126 Å². The lowest BCUT2D eigenvalue weighted by Gasteiger charge is -2.17. The van der Waals surface area contributed by atoms with E-state index in [1.807, 2.05) is 0 Å². The SMILES string of the molecule is C#CCO[C@H]1C(=[P+]([O-])O)[C@H](n2cc(C(F)(F)F)c(=O)[nH]c2=O)O[C@@H]1COCCCCCCCCCCCC. The van der Waals surface area contributed by atoms with E-state index in [9.17, 15) is 32.5 Å². The van der Waals surface area contributed by atoms with E-state index in [0.29, 0.717) is 11.2 Å². The van der Waals surface area contributed by atoms with E-state index in [4.69, 9.17) is 20.6 Å². The van der Waals surface area contributed by atoms with Crippen molar-refractivity contribution in [3.8, 4) is 12.3 Å². The number of ether oxygens (including phenoxy) is 3. The van der Waals surface area contributed by atoms with Crippen LogP contribution in [0.5, 0.6) is 0 Å². The Bertz CT molecular complexity index is 1060. The lowest BCUT2D eigenvalue weighted by atomic mass is 10.1. The molecule has 214 valence electrons. The number of rotatable bonds is 16. The maximum atomic E-state index is 13.3. The summed E-state index contributed by atoms with van der Waals surface area (Å²) < 4.78 is 57.1. The Labute approximate surface area is 220 Å². The molecule has 0 amide bonds. The summed E-state index contributed by atoms with van der Waals surface area (Å²) in [7, 11) is -3.18. The van der Waals surface area contributed by atoms with Gasteiger partial charge in [0.15, 0.2) is 6.10 Å². The molecule has 1 aromatic heterocycles. The molecule has 0 radical (unpaired) electrons. The number of hydrogen-bond donors (Lipinski definition) is 2. The molecule has 1 fully saturated rings. The monoisotopic (exact) mass is 564 g/mol. The molecule has 0 bridgehead atoms. The highest BCUT2D eigenvalue weighted by Crippen LogP contribution is 2.35. The van der Waals surface area contributed by atoms with Crippen molar-refractivity contribution in [1.29, 1.82) is 0 Å². The van der Waals surface area contributed by atoms with Crippen LogP contribution < -0.4 is 16.1 Å². The smallest absolute Gasteiger partial charge is 0.423 e. The van der Waals surface area contributed by atoms with Crippen LogP contribution in [0.1, 0.15) is 82.9 Å². The van der Waals surface area contributed by atoms with Crippen molar-refractivity contribution in [2.45, 2.75) is 95.7 Å². The van der Waals surface area contributed by atoms with Crippen LogP contribution in [0, 0.1) is 12.3 Å². The van der Waals surface area contributed by atoms with Gasteiger partial charge in [-0.05, 0) is 6.42 Å². The quantitative estimate of drug-likeness (QED) is 0.179. The summed E-state index contributed by atoms with van der Waals surface area (Å²) in [6.07, 6.45) is 7.95. The predicted molar refractivity (Wildman–Crippen MR) is 136 cm³/mol. The van der Waals surface area contributed by atoms with Crippen molar-refractivity contribution in [2.75, 3.05) is 19.8 Å². The Morgan fingerprint density at radius 3 is 2.32 bits per heavy atom. The Morgan fingerprint density at radius 1 is 1.16 bits per heavy atom. The molecular weight excluding hydrogens is 528 g/mol. The molecular formula is C25H36F3N2O7P. The van der Waals surface area contributed by atoms with Crippen LogP contribution >= 0.6 is 8.00 Å². The third-order valence-corrected chi connectivity index (χ3v) is 7.12. The molecule has 4 atom stereocenters. The van der Waals surface area contributed by atoms with Gasteiger partial charge < -0.3 is 19.1 Å². The van der Waals surface area contributed by atoms with Gasteiger partial charge in [0.05, 0.1) is 6.61 Å². The summed E-state index contributed by atoms with van der Waals surface area (Å²) >= 11 is 0. The first-order valence-corrected chi connectivity index (χ1v) is 14.1. The molecule has 2 heterocycles. The molecule has 0 aromatic carbocycles. The van der Waals surface area contributed by atoms with Crippen molar-refractivity contribution < 1.29 is 37.2 Å². The van der Waals surface area contributed by atoms with Gasteiger partial charge in [-0.1, -0.05) is 70.6 Å². The first kappa shape index (κ1) is 32.2. The second-order valence-corrected chi connectivity index (χ2v) is 10.2. The number of halogens is 3. The molecule has 1 aliphatic heterocycles. The normalized spacial score (nSPS) is 21.0. The highest BCUT2D eigenvalue weighted by Gasteiger charge is 2.49. The lowest BCUT2D eigenvalue weighted by Crippen LogP contribution is -2.39. The van der Waals surface area contributed by atoms with Crippen LogP contribution in [0.15, 0.2) is 15.8 Å². The van der Waals surface area contributed by atoms with Gasteiger partial charge in [0, 0.05) is 12.8 Å². The van der Waals surface area contributed by atoms with E-state index in [2.05, 4.69) is 12.8 Å². The molecule has 0 aliphatic carbocycles.